The number of amides is 1. The van der Waals surface area contributed by atoms with Crippen LogP contribution in [0.15, 0.2) is 34.8 Å². The van der Waals surface area contributed by atoms with Crippen molar-refractivity contribution in [2.75, 3.05) is 7.05 Å². The number of halogens is 3. The topological polar surface area (TPSA) is 20.3 Å². The first-order chi connectivity index (χ1) is 8.97. The second-order valence-corrected chi connectivity index (χ2v) is 7.08. The summed E-state index contributed by atoms with van der Waals surface area (Å²) in [6.07, 6.45) is 0. The molecule has 0 radical (unpaired) electrons. The molecule has 0 bridgehead atoms. The van der Waals surface area contributed by atoms with E-state index in [0.717, 1.165) is 9.21 Å². The maximum atomic E-state index is 12.3. The largest absolute Gasteiger partial charge is 0.337 e. The maximum Gasteiger partial charge on any atom is 0.255 e. The summed E-state index contributed by atoms with van der Waals surface area (Å²) >= 11 is 16.6. The third-order valence-electron chi connectivity index (χ3n) is 2.53. The minimum Gasteiger partial charge on any atom is -0.337 e. The summed E-state index contributed by atoms with van der Waals surface area (Å²) in [7, 11) is 1.76. The van der Waals surface area contributed by atoms with E-state index < -0.39 is 0 Å². The Morgan fingerprint density at radius 2 is 2.05 bits per heavy atom. The molecule has 0 N–H and O–H groups in total. The lowest BCUT2D eigenvalue weighted by molar-refractivity contribution is 0.0785. The highest BCUT2D eigenvalue weighted by Gasteiger charge is 2.16. The van der Waals surface area contributed by atoms with Gasteiger partial charge in [-0.2, -0.15) is 0 Å². The number of thiophene rings is 1. The van der Waals surface area contributed by atoms with Gasteiger partial charge in [0.25, 0.3) is 5.91 Å². The van der Waals surface area contributed by atoms with E-state index >= 15 is 0 Å². The Labute approximate surface area is 134 Å². The van der Waals surface area contributed by atoms with E-state index in [1.807, 2.05) is 12.1 Å². The Hall–Kier alpha value is -0.550. The molecule has 2 nitrogen and oxygen atoms in total. The molecule has 0 aliphatic carbocycles. The molecule has 0 saturated carbocycles. The Balaban J connectivity index is 2.14. The zero-order valence-electron chi connectivity index (χ0n) is 9.99. The summed E-state index contributed by atoms with van der Waals surface area (Å²) in [4.78, 5) is 15.0. The molecule has 1 aromatic carbocycles. The van der Waals surface area contributed by atoms with Crippen LogP contribution in [-0.4, -0.2) is 17.9 Å². The molecule has 100 valence electrons. The van der Waals surface area contributed by atoms with E-state index in [-0.39, 0.29) is 5.91 Å². The summed E-state index contributed by atoms with van der Waals surface area (Å²) in [5.74, 6) is -0.0620. The molecule has 2 rings (SSSR count). The predicted molar refractivity (Wildman–Crippen MR) is 84.3 cm³/mol. The number of hydrogen-bond acceptors (Lipinski definition) is 2. The molecule has 0 aliphatic heterocycles. The average Bonchev–Trinajstić information content (AvgIpc) is 2.74. The first kappa shape index (κ1) is 14.9. The van der Waals surface area contributed by atoms with Crippen LogP contribution < -0.4 is 0 Å². The molecule has 1 amide bonds. The van der Waals surface area contributed by atoms with Gasteiger partial charge in [-0.1, -0.05) is 23.2 Å². The summed E-state index contributed by atoms with van der Waals surface area (Å²) in [5.41, 5.74) is 0.592. The smallest absolute Gasteiger partial charge is 0.255 e. The van der Waals surface area contributed by atoms with Gasteiger partial charge in [-0.25, -0.2) is 0 Å². The first-order valence-corrected chi connectivity index (χ1v) is 7.78. The van der Waals surface area contributed by atoms with E-state index in [0.29, 0.717) is 21.6 Å². The lowest BCUT2D eigenvalue weighted by Crippen LogP contribution is -2.26. The summed E-state index contributed by atoms with van der Waals surface area (Å²) < 4.78 is 1.42. The number of carbonyl (C=O) groups is 1. The fraction of sp³-hybridized carbons (Fsp3) is 0.154. The lowest BCUT2D eigenvalue weighted by Gasteiger charge is -2.17. The Bertz CT molecular complexity index is 614. The lowest BCUT2D eigenvalue weighted by atomic mass is 10.2. The van der Waals surface area contributed by atoms with Gasteiger partial charge in [-0.3, -0.25) is 4.79 Å². The van der Waals surface area contributed by atoms with Crippen molar-refractivity contribution in [3.8, 4) is 0 Å². The monoisotopic (exact) mass is 377 g/mol. The number of carbonyl (C=O) groups excluding carboxylic acids is 1. The van der Waals surface area contributed by atoms with Crippen molar-refractivity contribution in [2.45, 2.75) is 6.54 Å². The molecular weight excluding hydrogens is 369 g/mol. The molecule has 2 aromatic rings. The summed E-state index contributed by atoms with van der Waals surface area (Å²) in [6, 6.07) is 8.89. The van der Waals surface area contributed by atoms with Crippen LogP contribution in [0.4, 0.5) is 0 Å². The molecule has 1 aromatic heterocycles. The van der Waals surface area contributed by atoms with Crippen molar-refractivity contribution in [3.63, 3.8) is 0 Å². The number of nitrogens with zero attached hydrogens (tertiary/aromatic N) is 1. The van der Waals surface area contributed by atoms with Crippen LogP contribution >= 0.6 is 50.5 Å². The van der Waals surface area contributed by atoms with Crippen LogP contribution in [-0.2, 0) is 6.54 Å². The molecule has 19 heavy (non-hydrogen) atoms. The standard InChI is InChI=1S/C13H10BrCl2NOS/c1-17(7-9-3-5-12(16)19-9)13(18)10-4-2-8(15)6-11(10)14/h2-6H,7H2,1H3. The third kappa shape index (κ3) is 3.72. The van der Waals surface area contributed by atoms with E-state index in [1.54, 1.807) is 30.1 Å². The van der Waals surface area contributed by atoms with Crippen LogP contribution in [0.25, 0.3) is 0 Å². The van der Waals surface area contributed by atoms with E-state index in [9.17, 15) is 4.79 Å². The fourth-order valence-electron chi connectivity index (χ4n) is 1.61. The van der Waals surface area contributed by atoms with Crippen molar-refractivity contribution in [2.24, 2.45) is 0 Å². The predicted octanol–water partition coefficient (Wildman–Crippen LogP) is 5.09. The van der Waals surface area contributed by atoms with Gasteiger partial charge in [-0.05, 0) is 46.3 Å². The highest BCUT2D eigenvalue weighted by molar-refractivity contribution is 9.10. The second kappa shape index (κ2) is 6.27. The first-order valence-electron chi connectivity index (χ1n) is 5.42. The number of benzene rings is 1. The maximum absolute atomic E-state index is 12.3. The van der Waals surface area contributed by atoms with Crippen molar-refractivity contribution in [1.29, 1.82) is 0 Å². The minimum absolute atomic E-state index is 0.0620. The van der Waals surface area contributed by atoms with Gasteiger partial charge in [0.05, 0.1) is 16.4 Å². The van der Waals surface area contributed by atoms with Crippen LogP contribution in [0.3, 0.4) is 0 Å². The van der Waals surface area contributed by atoms with Crippen molar-refractivity contribution >= 4 is 56.4 Å². The van der Waals surface area contributed by atoms with Gasteiger partial charge >= 0.3 is 0 Å². The molecule has 6 heteroatoms. The number of rotatable bonds is 3. The van der Waals surface area contributed by atoms with Crippen LogP contribution in [0.2, 0.25) is 9.36 Å². The molecule has 0 spiro atoms. The molecule has 0 atom stereocenters. The number of hydrogen-bond donors (Lipinski definition) is 0. The van der Waals surface area contributed by atoms with Gasteiger partial charge in [0.15, 0.2) is 0 Å². The van der Waals surface area contributed by atoms with Gasteiger partial charge < -0.3 is 4.90 Å². The highest BCUT2D eigenvalue weighted by Crippen LogP contribution is 2.25. The minimum atomic E-state index is -0.0620. The molecule has 0 unspecified atom stereocenters. The van der Waals surface area contributed by atoms with Gasteiger partial charge in [0.1, 0.15) is 0 Å². The molecule has 0 aliphatic rings. The van der Waals surface area contributed by atoms with Crippen molar-refractivity contribution in [1.82, 2.24) is 4.90 Å². The van der Waals surface area contributed by atoms with Gasteiger partial charge in [0.2, 0.25) is 0 Å². The second-order valence-electron chi connectivity index (χ2n) is 3.99. The van der Waals surface area contributed by atoms with Gasteiger partial charge in [0, 0.05) is 21.4 Å². The van der Waals surface area contributed by atoms with E-state index in [1.165, 1.54) is 11.3 Å². The summed E-state index contributed by atoms with van der Waals surface area (Å²) in [6.45, 7) is 0.533. The SMILES string of the molecule is CN(Cc1ccc(Cl)s1)C(=O)c1ccc(Cl)cc1Br. The normalized spacial score (nSPS) is 10.5. The third-order valence-corrected chi connectivity index (χ3v) is 4.64. The quantitative estimate of drug-likeness (QED) is 0.728. The Kier molecular flexibility index (Phi) is 4.90. The van der Waals surface area contributed by atoms with E-state index in [4.69, 9.17) is 23.2 Å². The highest BCUT2D eigenvalue weighted by atomic mass is 79.9. The molecule has 1 heterocycles. The molecule has 0 saturated heterocycles. The average molecular weight is 379 g/mol. The van der Waals surface area contributed by atoms with Crippen LogP contribution in [0.1, 0.15) is 15.2 Å². The molecular formula is C13H10BrCl2NOS. The van der Waals surface area contributed by atoms with E-state index in [2.05, 4.69) is 15.9 Å². The van der Waals surface area contributed by atoms with Crippen LogP contribution in [0, 0.1) is 0 Å². The Morgan fingerprint density at radius 3 is 2.63 bits per heavy atom. The molecule has 0 fully saturated rings. The summed E-state index contributed by atoms with van der Waals surface area (Å²) in [5, 5.41) is 0.594. The van der Waals surface area contributed by atoms with Crippen molar-refractivity contribution < 1.29 is 4.79 Å². The van der Waals surface area contributed by atoms with Gasteiger partial charge in [-0.15, -0.1) is 11.3 Å². The zero-order valence-corrected chi connectivity index (χ0v) is 13.9. The Morgan fingerprint density at radius 1 is 1.32 bits per heavy atom. The van der Waals surface area contributed by atoms with Crippen LogP contribution in [0.5, 0.6) is 0 Å². The van der Waals surface area contributed by atoms with Crippen molar-refractivity contribution in [3.05, 3.63) is 54.6 Å². The fourth-order valence-corrected chi connectivity index (χ4v) is 3.60. The zero-order chi connectivity index (χ0) is 14.0.